The molecule has 1 aliphatic heterocycles. The standard InChI is InChI=1S/C19H20ClN3OS/c1-5-23-12(3)8-14(13(23)4)9-17-18(24)22-19(25-17)21-16-10-15(20)7-6-11(16)2/h6-10H,5H2,1-4H3,(H,21,22,24). The lowest BCUT2D eigenvalue weighted by atomic mass is 10.2. The summed E-state index contributed by atoms with van der Waals surface area (Å²) in [7, 11) is 0. The number of hydrogen-bond donors (Lipinski definition) is 1. The Kier molecular flexibility index (Phi) is 5.06. The maximum atomic E-state index is 12.3. The Morgan fingerprint density at radius 3 is 2.72 bits per heavy atom. The second-order valence-electron chi connectivity index (χ2n) is 5.98. The van der Waals surface area contributed by atoms with Gasteiger partial charge < -0.3 is 9.88 Å². The van der Waals surface area contributed by atoms with Crippen LogP contribution in [0.4, 0.5) is 5.69 Å². The minimum absolute atomic E-state index is 0.121. The van der Waals surface area contributed by atoms with E-state index in [1.165, 1.54) is 17.5 Å². The molecule has 0 unspecified atom stereocenters. The zero-order chi connectivity index (χ0) is 18.1. The number of aryl methyl sites for hydroxylation is 2. The van der Waals surface area contributed by atoms with Gasteiger partial charge in [0.25, 0.3) is 5.91 Å². The lowest BCUT2D eigenvalue weighted by molar-refractivity contribution is -0.115. The third-order valence-electron chi connectivity index (χ3n) is 4.26. The zero-order valence-electron chi connectivity index (χ0n) is 14.7. The average molecular weight is 374 g/mol. The van der Waals surface area contributed by atoms with Crippen molar-refractivity contribution in [2.45, 2.75) is 34.2 Å². The number of carbonyl (C=O) groups excluding carboxylic acids is 1. The van der Waals surface area contributed by atoms with Crippen LogP contribution in [0.5, 0.6) is 0 Å². The van der Waals surface area contributed by atoms with E-state index in [-0.39, 0.29) is 5.91 Å². The minimum Gasteiger partial charge on any atom is -0.349 e. The number of carbonyl (C=O) groups is 1. The van der Waals surface area contributed by atoms with Crippen molar-refractivity contribution in [1.82, 2.24) is 9.88 Å². The number of amidine groups is 1. The summed E-state index contributed by atoms with van der Waals surface area (Å²) in [6.45, 7) is 9.15. The quantitative estimate of drug-likeness (QED) is 0.771. The monoisotopic (exact) mass is 373 g/mol. The van der Waals surface area contributed by atoms with Crippen LogP contribution in [0.25, 0.3) is 6.08 Å². The van der Waals surface area contributed by atoms with Crippen molar-refractivity contribution in [2.75, 3.05) is 0 Å². The SMILES string of the molecule is CCn1c(C)cc(C=C2SC(=Nc3cc(Cl)ccc3C)NC2=O)c1C. The van der Waals surface area contributed by atoms with Gasteiger partial charge in [-0.3, -0.25) is 4.79 Å². The molecule has 0 atom stereocenters. The molecule has 1 fully saturated rings. The third kappa shape index (κ3) is 3.67. The van der Waals surface area contributed by atoms with E-state index >= 15 is 0 Å². The first kappa shape index (κ1) is 17.8. The molecule has 130 valence electrons. The minimum atomic E-state index is -0.121. The summed E-state index contributed by atoms with van der Waals surface area (Å²) in [5.74, 6) is -0.121. The van der Waals surface area contributed by atoms with Crippen LogP contribution in [0, 0.1) is 20.8 Å². The Balaban J connectivity index is 1.90. The number of halogens is 1. The van der Waals surface area contributed by atoms with Gasteiger partial charge in [-0.25, -0.2) is 4.99 Å². The smallest absolute Gasteiger partial charge is 0.264 e. The molecule has 25 heavy (non-hydrogen) atoms. The van der Waals surface area contributed by atoms with Crippen molar-refractivity contribution in [3.05, 3.63) is 56.7 Å². The molecule has 6 heteroatoms. The Bertz CT molecular complexity index is 912. The van der Waals surface area contributed by atoms with Crippen molar-refractivity contribution in [1.29, 1.82) is 0 Å². The number of benzene rings is 1. The largest absolute Gasteiger partial charge is 0.349 e. The predicted molar refractivity (Wildman–Crippen MR) is 107 cm³/mol. The van der Waals surface area contributed by atoms with E-state index in [1.807, 2.05) is 25.1 Å². The summed E-state index contributed by atoms with van der Waals surface area (Å²) in [5, 5.41) is 4.03. The molecule has 3 rings (SSSR count). The van der Waals surface area contributed by atoms with Crippen molar-refractivity contribution < 1.29 is 4.79 Å². The third-order valence-corrected chi connectivity index (χ3v) is 5.40. The van der Waals surface area contributed by atoms with Gasteiger partial charge in [-0.1, -0.05) is 17.7 Å². The summed E-state index contributed by atoms with van der Waals surface area (Å²) < 4.78 is 2.23. The molecular formula is C19H20ClN3OS. The molecule has 1 aromatic heterocycles. The number of amides is 1. The summed E-state index contributed by atoms with van der Waals surface area (Å²) >= 11 is 7.39. The maximum absolute atomic E-state index is 12.3. The number of aliphatic imine (C=N–C) groups is 1. The molecule has 0 radical (unpaired) electrons. The van der Waals surface area contributed by atoms with Gasteiger partial charge in [-0.15, -0.1) is 0 Å². The van der Waals surface area contributed by atoms with Gasteiger partial charge in [0.1, 0.15) is 0 Å². The Morgan fingerprint density at radius 2 is 2.04 bits per heavy atom. The van der Waals surface area contributed by atoms with Crippen LogP contribution < -0.4 is 5.32 Å². The number of rotatable bonds is 3. The van der Waals surface area contributed by atoms with Crippen LogP contribution in [-0.2, 0) is 11.3 Å². The van der Waals surface area contributed by atoms with Crippen LogP contribution in [0.2, 0.25) is 5.02 Å². The van der Waals surface area contributed by atoms with Gasteiger partial charge >= 0.3 is 0 Å². The van der Waals surface area contributed by atoms with E-state index in [0.29, 0.717) is 15.1 Å². The summed E-state index contributed by atoms with van der Waals surface area (Å²) in [6, 6.07) is 7.65. The van der Waals surface area contributed by atoms with Gasteiger partial charge in [0.15, 0.2) is 5.17 Å². The van der Waals surface area contributed by atoms with Crippen LogP contribution in [0.3, 0.4) is 0 Å². The molecule has 1 saturated heterocycles. The number of nitrogens with zero attached hydrogens (tertiary/aromatic N) is 2. The molecule has 1 aromatic carbocycles. The predicted octanol–water partition coefficient (Wildman–Crippen LogP) is 4.98. The van der Waals surface area contributed by atoms with Gasteiger partial charge in [0.2, 0.25) is 0 Å². The van der Waals surface area contributed by atoms with E-state index in [4.69, 9.17) is 11.6 Å². The fourth-order valence-electron chi connectivity index (χ4n) is 2.89. The molecule has 0 spiro atoms. The molecule has 0 saturated carbocycles. The van der Waals surface area contributed by atoms with Crippen molar-refractivity contribution >= 4 is 46.2 Å². The van der Waals surface area contributed by atoms with Crippen LogP contribution in [0.1, 0.15) is 29.4 Å². The van der Waals surface area contributed by atoms with Gasteiger partial charge in [-0.2, -0.15) is 0 Å². The highest BCUT2D eigenvalue weighted by atomic mass is 35.5. The summed E-state index contributed by atoms with van der Waals surface area (Å²) in [6.07, 6.45) is 1.93. The average Bonchev–Trinajstić information content (AvgIpc) is 3.03. The molecule has 2 heterocycles. The summed E-state index contributed by atoms with van der Waals surface area (Å²) in [5.41, 5.74) is 5.20. The fraction of sp³-hybridized carbons (Fsp3) is 0.263. The normalized spacial score (nSPS) is 17.6. The molecule has 0 aliphatic carbocycles. The van der Waals surface area contributed by atoms with Gasteiger partial charge in [0.05, 0.1) is 10.6 Å². The second-order valence-corrected chi connectivity index (χ2v) is 7.45. The van der Waals surface area contributed by atoms with E-state index in [1.54, 1.807) is 6.07 Å². The lowest BCUT2D eigenvalue weighted by Crippen LogP contribution is -2.19. The first-order valence-corrected chi connectivity index (χ1v) is 9.31. The van der Waals surface area contributed by atoms with Crippen molar-refractivity contribution in [3.63, 3.8) is 0 Å². The number of hydrogen-bond acceptors (Lipinski definition) is 3. The highest BCUT2D eigenvalue weighted by molar-refractivity contribution is 8.18. The first-order valence-electron chi connectivity index (χ1n) is 8.11. The zero-order valence-corrected chi connectivity index (χ0v) is 16.3. The second kappa shape index (κ2) is 7.10. The van der Waals surface area contributed by atoms with Gasteiger partial charge in [-0.05, 0) is 74.9 Å². The van der Waals surface area contributed by atoms with E-state index < -0.39 is 0 Å². The molecular weight excluding hydrogens is 354 g/mol. The van der Waals surface area contributed by atoms with Crippen LogP contribution in [0.15, 0.2) is 34.2 Å². The van der Waals surface area contributed by atoms with Crippen molar-refractivity contribution in [2.24, 2.45) is 4.99 Å². The van der Waals surface area contributed by atoms with E-state index in [0.717, 1.165) is 29.1 Å². The summed E-state index contributed by atoms with van der Waals surface area (Å²) in [4.78, 5) is 17.5. The molecule has 1 N–H and O–H groups in total. The molecule has 2 aromatic rings. The number of aromatic nitrogens is 1. The van der Waals surface area contributed by atoms with Gasteiger partial charge in [0, 0.05) is 23.0 Å². The van der Waals surface area contributed by atoms with Crippen LogP contribution in [-0.4, -0.2) is 15.6 Å². The Labute approximate surface area is 157 Å². The molecule has 0 bridgehead atoms. The van der Waals surface area contributed by atoms with E-state index in [9.17, 15) is 4.79 Å². The Morgan fingerprint density at radius 1 is 1.28 bits per heavy atom. The molecule has 4 nitrogen and oxygen atoms in total. The first-order chi connectivity index (χ1) is 11.9. The van der Waals surface area contributed by atoms with Crippen molar-refractivity contribution in [3.8, 4) is 0 Å². The fourth-order valence-corrected chi connectivity index (χ4v) is 3.89. The van der Waals surface area contributed by atoms with E-state index in [2.05, 4.69) is 41.7 Å². The number of thioether (sulfide) groups is 1. The lowest BCUT2D eigenvalue weighted by Gasteiger charge is -2.04. The topological polar surface area (TPSA) is 46.4 Å². The highest BCUT2D eigenvalue weighted by Gasteiger charge is 2.24. The Hall–Kier alpha value is -1.98. The van der Waals surface area contributed by atoms with Crippen LogP contribution >= 0.6 is 23.4 Å². The highest BCUT2D eigenvalue weighted by Crippen LogP contribution is 2.31. The molecule has 1 aliphatic rings. The number of nitrogens with one attached hydrogen (secondary N) is 1. The molecule has 1 amide bonds. The maximum Gasteiger partial charge on any atom is 0.264 e.